The molecule has 2 N–H and O–H groups in total. The normalized spacial score (nSPS) is 11.7. The fourth-order valence-electron chi connectivity index (χ4n) is 1.12. The molecule has 0 radical (unpaired) electrons. The molecule has 0 spiro atoms. The SMILES string of the molecule is Cc1cnc(F)c(CO)c1S(=O)(=O)O. The lowest BCUT2D eigenvalue weighted by Gasteiger charge is -2.07. The molecule has 0 saturated carbocycles. The maximum atomic E-state index is 12.9. The van der Waals surface area contributed by atoms with Crippen LogP contribution in [0.25, 0.3) is 0 Å². The van der Waals surface area contributed by atoms with Crippen LogP contribution in [0.5, 0.6) is 0 Å². The van der Waals surface area contributed by atoms with Crippen molar-refractivity contribution in [3.05, 3.63) is 23.3 Å². The minimum Gasteiger partial charge on any atom is -0.391 e. The van der Waals surface area contributed by atoms with Gasteiger partial charge in [-0.05, 0) is 12.5 Å². The number of aromatic nitrogens is 1. The highest BCUT2D eigenvalue weighted by atomic mass is 32.2. The first-order valence-electron chi connectivity index (χ1n) is 3.60. The lowest BCUT2D eigenvalue weighted by atomic mass is 10.2. The molecule has 1 aromatic heterocycles. The van der Waals surface area contributed by atoms with E-state index >= 15 is 0 Å². The fraction of sp³-hybridized carbons (Fsp3) is 0.286. The number of aliphatic hydroxyl groups excluding tert-OH is 1. The van der Waals surface area contributed by atoms with Gasteiger partial charge in [-0.15, -0.1) is 0 Å². The van der Waals surface area contributed by atoms with E-state index in [1.54, 1.807) is 0 Å². The third-order valence-electron chi connectivity index (χ3n) is 1.67. The molecule has 14 heavy (non-hydrogen) atoms. The first kappa shape index (κ1) is 11.0. The summed E-state index contributed by atoms with van der Waals surface area (Å²) >= 11 is 0. The maximum Gasteiger partial charge on any atom is 0.295 e. The number of aryl methyl sites for hydroxylation is 1. The zero-order valence-corrected chi connectivity index (χ0v) is 8.05. The van der Waals surface area contributed by atoms with Crippen LogP contribution in [0.2, 0.25) is 0 Å². The molecule has 5 nitrogen and oxygen atoms in total. The van der Waals surface area contributed by atoms with Crippen LogP contribution < -0.4 is 0 Å². The molecule has 0 fully saturated rings. The first-order valence-corrected chi connectivity index (χ1v) is 5.04. The van der Waals surface area contributed by atoms with Crippen molar-refractivity contribution in [2.45, 2.75) is 18.4 Å². The topological polar surface area (TPSA) is 87.5 Å². The molecule has 0 bridgehead atoms. The molecule has 0 amide bonds. The number of hydrogen-bond acceptors (Lipinski definition) is 4. The molecular formula is C7H8FNO4S. The van der Waals surface area contributed by atoms with Crippen LogP contribution in [0.4, 0.5) is 4.39 Å². The second kappa shape index (κ2) is 3.60. The summed E-state index contributed by atoms with van der Waals surface area (Å²) in [5.74, 6) is -1.11. The van der Waals surface area contributed by atoms with Crippen LogP contribution in [-0.4, -0.2) is 23.1 Å². The molecular weight excluding hydrogens is 213 g/mol. The van der Waals surface area contributed by atoms with E-state index in [9.17, 15) is 12.8 Å². The number of aliphatic hydroxyl groups is 1. The van der Waals surface area contributed by atoms with Crippen molar-refractivity contribution in [3.63, 3.8) is 0 Å². The lowest BCUT2D eigenvalue weighted by molar-refractivity contribution is 0.269. The average molecular weight is 221 g/mol. The summed E-state index contributed by atoms with van der Waals surface area (Å²) in [6.45, 7) is 0.504. The highest BCUT2D eigenvalue weighted by Crippen LogP contribution is 2.21. The van der Waals surface area contributed by atoms with Crippen LogP contribution in [0, 0.1) is 12.9 Å². The number of rotatable bonds is 2. The minimum absolute atomic E-state index is 0.0814. The molecule has 7 heteroatoms. The molecule has 1 aromatic rings. The van der Waals surface area contributed by atoms with E-state index in [0.29, 0.717) is 0 Å². The van der Waals surface area contributed by atoms with E-state index in [1.165, 1.54) is 6.92 Å². The quantitative estimate of drug-likeness (QED) is 0.552. The number of pyridine rings is 1. The molecule has 1 rings (SSSR count). The highest BCUT2D eigenvalue weighted by Gasteiger charge is 2.21. The van der Waals surface area contributed by atoms with Crippen LogP contribution in [0.15, 0.2) is 11.1 Å². The molecule has 0 atom stereocenters. The minimum atomic E-state index is -4.54. The Labute approximate surface area is 80.0 Å². The number of halogens is 1. The predicted octanol–water partition coefficient (Wildman–Crippen LogP) is 0.268. The smallest absolute Gasteiger partial charge is 0.295 e. The second-order valence-electron chi connectivity index (χ2n) is 2.67. The van der Waals surface area contributed by atoms with Gasteiger partial charge in [-0.1, -0.05) is 0 Å². The Morgan fingerprint density at radius 2 is 2.14 bits per heavy atom. The average Bonchev–Trinajstić information content (AvgIpc) is 2.06. The van der Waals surface area contributed by atoms with Crippen molar-refractivity contribution < 1.29 is 22.5 Å². The Morgan fingerprint density at radius 1 is 1.57 bits per heavy atom. The Bertz CT molecular complexity index is 457. The largest absolute Gasteiger partial charge is 0.391 e. The van der Waals surface area contributed by atoms with E-state index in [1.807, 2.05) is 0 Å². The Hall–Kier alpha value is -1.05. The van der Waals surface area contributed by atoms with Crippen molar-refractivity contribution >= 4 is 10.1 Å². The zero-order valence-electron chi connectivity index (χ0n) is 7.23. The van der Waals surface area contributed by atoms with Crippen molar-refractivity contribution in [2.24, 2.45) is 0 Å². The van der Waals surface area contributed by atoms with Gasteiger partial charge in [-0.3, -0.25) is 4.55 Å². The first-order chi connectivity index (χ1) is 6.38. The Kier molecular flexibility index (Phi) is 2.84. The summed E-state index contributed by atoms with van der Waals surface area (Å²) in [5.41, 5.74) is -0.439. The van der Waals surface area contributed by atoms with Gasteiger partial charge in [0.15, 0.2) is 0 Å². The van der Waals surface area contributed by atoms with Crippen molar-refractivity contribution in [1.29, 1.82) is 0 Å². The third kappa shape index (κ3) is 1.89. The summed E-state index contributed by atoms with van der Waals surface area (Å²) in [5, 5.41) is 8.73. The van der Waals surface area contributed by atoms with Gasteiger partial charge in [0.1, 0.15) is 4.90 Å². The standard InChI is InChI=1S/C7H8FNO4S/c1-4-2-9-7(8)5(3-10)6(4)14(11,12)13/h2,10H,3H2,1H3,(H,11,12,13). The van der Waals surface area contributed by atoms with Gasteiger partial charge in [-0.25, -0.2) is 4.98 Å². The zero-order chi connectivity index (χ0) is 10.9. The van der Waals surface area contributed by atoms with E-state index < -0.39 is 33.1 Å². The third-order valence-corrected chi connectivity index (χ3v) is 2.75. The lowest BCUT2D eigenvalue weighted by Crippen LogP contribution is -2.09. The monoisotopic (exact) mass is 221 g/mol. The Balaban J connectivity index is 3.63. The van der Waals surface area contributed by atoms with E-state index in [2.05, 4.69) is 4.98 Å². The number of hydrogen-bond donors (Lipinski definition) is 2. The van der Waals surface area contributed by atoms with Gasteiger partial charge < -0.3 is 5.11 Å². The molecule has 0 aliphatic rings. The van der Waals surface area contributed by atoms with Crippen molar-refractivity contribution in [1.82, 2.24) is 4.98 Å². The van der Waals surface area contributed by atoms with Crippen LogP contribution in [0.3, 0.4) is 0 Å². The van der Waals surface area contributed by atoms with Crippen LogP contribution in [0.1, 0.15) is 11.1 Å². The number of nitrogens with zero attached hydrogens (tertiary/aromatic N) is 1. The molecule has 78 valence electrons. The van der Waals surface area contributed by atoms with Gasteiger partial charge in [0.05, 0.1) is 12.2 Å². The fourth-order valence-corrected chi connectivity index (χ4v) is 2.04. The van der Waals surface area contributed by atoms with E-state index in [-0.39, 0.29) is 5.56 Å². The molecule has 0 aliphatic carbocycles. The van der Waals surface area contributed by atoms with Crippen LogP contribution >= 0.6 is 0 Å². The summed E-state index contributed by atoms with van der Waals surface area (Å²) in [6, 6.07) is 0. The highest BCUT2D eigenvalue weighted by molar-refractivity contribution is 7.86. The maximum absolute atomic E-state index is 12.9. The molecule has 0 aliphatic heterocycles. The summed E-state index contributed by atoms with van der Waals surface area (Å²) in [7, 11) is -4.54. The van der Waals surface area contributed by atoms with Gasteiger partial charge in [0, 0.05) is 6.20 Å². The summed E-state index contributed by atoms with van der Waals surface area (Å²) in [6.07, 6.45) is 0.970. The predicted molar refractivity (Wildman–Crippen MR) is 44.7 cm³/mol. The van der Waals surface area contributed by atoms with Crippen LogP contribution in [-0.2, 0) is 16.7 Å². The van der Waals surface area contributed by atoms with Crippen molar-refractivity contribution in [2.75, 3.05) is 0 Å². The summed E-state index contributed by atoms with van der Waals surface area (Å²) in [4.78, 5) is 2.60. The molecule has 1 heterocycles. The Morgan fingerprint density at radius 3 is 2.50 bits per heavy atom. The second-order valence-corrected chi connectivity index (χ2v) is 4.03. The van der Waals surface area contributed by atoms with E-state index in [0.717, 1.165) is 6.20 Å². The summed E-state index contributed by atoms with van der Waals surface area (Å²) < 4.78 is 43.4. The van der Waals surface area contributed by atoms with Crippen molar-refractivity contribution in [3.8, 4) is 0 Å². The van der Waals surface area contributed by atoms with Gasteiger partial charge in [0.2, 0.25) is 5.95 Å². The van der Waals surface area contributed by atoms with Gasteiger partial charge in [-0.2, -0.15) is 12.8 Å². The molecule has 0 aromatic carbocycles. The van der Waals surface area contributed by atoms with E-state index in [4.69, 9.17) is 9.66 Å². The molecule has 0 unspecified atom stereocenters. The van der Waals surface area contributed by atoms with Gasteiger partial charge in [0.25, 0.3) is 10.1 Å². The van der Waals surface area contributed by atoms with Gasteiger partial charge >= 0.3 is 0 Å². The molecule has 0 saturated heterocycles.